The van der Waals surface area contributed by atoms with Crippen LogP contribution in [0.25, 0.3) is 0 Å². The second kappa shape index (κ2) is 11.1. The predicted molar refractivity (Wildman–Crippen MR) is 134 cm³/mol. The molecule has 2 heterocycles. The van der Waals surface area contributed by atoms with Gasteiger partial charge in [0.25, 0.3) is 11.1 Å². The Labute approximate surface area is 211 Å². The summed E-state index contributed by atoms with van der Waals surface area (Å²) in [4.78, 5) is 27.8. The molecule has 2 amide bonds. The summed E-state index contributed by atoms with van der Waals surface area (Å²) >= 11 is 5.40. The molecule has 1 aromatic rings. The highest BCUT2D eigenvalue weighted by molar-refractivity contribution is 7.80. The van der Waals surface area contributed by atoms with Crippen LogP contribution in [0.3, 0.4) is 0 Å². The first-order chi connectivity index (χ1) is 16.9. The first-order valence-corrected chi connectivity index (χ1v) is 12.9. The third-order valence-corrected chi connectivity index (χ3v) is 7.20. The number of carbonyl (C=O) groups excluding carboxylic acids is 2. The molecule has 0 spiro atoms. The van der Waals surface area contributed by atoms with Gasteiger partial charge in [-0.2, -0.15) is 0 Å². The molecule has 2 saturated heterocycles. The molecule has 8 nitrogen and oxygen atoms in total. The standard InChI is InChI=1S/C26H34N2O6S/c1-4-7-13-31-24(30)27-19-14-18(15-21-22(19)34-26(5-2,6-3)33-21)23(29)28-20(16-32-25(28)35)17-11-9-8-10-12-17/h8-12,15,19-22H,4-7,13-14,16H2,1-3H3,(H,27,30)/t19?,20-,21?,22?/m0/s1. The van der Waals surface area contributed by atoms with E-state index in [4.69, 9.17) is 31.2 Å². The fourth-order valence-corrected chi connectivity index (χ4v) is 5.09. The molecule has 0 bridgehead atoms. The fraction of sp³-hybridized carbons (Fsp3) is 0.577. The van der Waals surface area contributed by atoms with Gasteiger partial charge in [-0.05, 0) is 43.1 Å². The largest absolute Gasteiger partial charge is 0.468 e. The van der Waals surface area contributed by atoms with E-state index in [2.05, 4.69) is 5.32 Å². The second-order valence-corrected chi connectivity index (χ2v) is 9.45. The monoisotopic (exact) mass is 502 g/mol. The minimum atomic E-state index is -0.755. The van der Waals surface area contributed by atoms with Crippen LogP contribution in [-0.4, -0.2) is 59.3 Å². The van der Waals surface area contributed by atoms with Crippen molar-refractivity contribution in [3.8, 4) is 0 Å². The average molecular weight is 503 g/mol. The van der Waals surface area contributed by atoms with Gasteiger partial charge in [0.2, 0.25) is 0 Å². The summed E-state index contributed by atoms with van der Waals surface area (Å²) in [6, 6.07) is 8.88. The number of nitrogens with one attached hydrogen (secondary N) is 1. The highest BCUT2D eigenvalue weighted by Crippen LogP contribution is 2.41. The summed E-state index contributed by atoms with van der Waals surface area (Å²) < 4.78 is 23.6. The normalized spacial score (nSPS) is 27.1. The van der Waals surface area contributed by atoms with Gasteiger partial charge in [0, 0.05) is 12.0 Å². The Balaban J connectivity index is 1.58. The number of unbranched alkanes of at least 4 members (excludes halogenated alkanes) is 1. The molecule has 3 aliphatic rings. The van der Waals surface area contributed by atoms with Crippen LogP contribution in [0, 0.1) is 0 Å². The second-order valence-electron chi connectivity index (χ2n) is 9.10. The van der Waals surface area contributed by atoms with Gasteiger partial charge in [-0.25, -0.2) is 4.79 Å². The van der Waals surface area contributed by atoms with Crippen LogP contribution < -0.4 is 5.32 Å². The van der Waals surface area contributed by atoms with Gasteiger partial charge in [0.1, 0.15) is 24.9 Å². The van der Waals surface area contributed by atoms with Crippen molar-refractivity contribution < 1.29 is 28.5 Å². The van der Waals surface area contributed by atoms with Crippen LogP contribution in [0.4, 0.5) is 4.79 Å². The quantitative estimate of drug-likeness (QED) is 0.417. The molecule has 4 atom stereocenters. The smallest absolute Gasteiger partial charge is 0.407 e. The minimum absolute atomic E-state index is 0.149. The van der Waals surface area contributed by atoms with Crippen LogP contribution in [0.15, 0.2) is 42.0 Å². The lowest BCUT2D eigenvalue weighted by molar-refractivity contribution is -0.177. The molecule has 3 unspecified atom stereocenters. The van der Waals surface area contributed by atoms with Crippen LogP contribution >= 0.6 is 12.2 Å². The third kappa shape index (κ3) is 5.37. The maximum Gasteiger partial charge on any atom is 0.407 e. The van der Waals surface area contributed by atoms with Crippen molar-refractivity contribution >= 4 is 29.4 Å². The molecule has 2 aliphatic heterocycles. The zero-order chi connectivity index (χ0) is 25.0. The lowest BCUT2D eigenvalue weighted by atomic mass is 9.89. The number of fused-ring (bicyclic) bond motifs is 1. The number of carbonyl (C=O) groups is 2. The summed E-state index contributed by atoms with van der Waals surface area (Å²) in [7, 11) is 0. The van der Waals surface area contributed by atoms with E-state index in [1.807, 2.05) is 57.2 Å². The third-order valence-electron chi connectivity index (χ3n) is 6.89. The predicted octanol–water partition coefficient (Wildman–Crippen LogP) is 4.40. The maximum atomic E-state index is 13.8. The Morgan fingerprint density at radius 2 is 1.91 bits per heavy atom. The Morgan fingerprint density at radius 3 is 2.60 bits per heavy atom. The molecule has 35 heavy (non-hydrogen) atoms. The Bertz CT molecular complexity index is 964. The van der Waals surface area contributed by atoms with Crippen LogP contribution in [0.1, 0.15) is 64.5 Å². The first-order valence-electron chi connectivity index (χ1n) is 12.5. The van der Waals surface area contributed by atoms with Crippen molar-refractivity contribution in [1.29, 1.82) is 0 Å². The van der Waals surface area contributed by atoms with Crippen LogP contribution in [0.2, 0.25) is 0 Å². The summed E-state index contributed by atoms with van der Waals surface area (Å²) in [5.74, 6) is -1.00. The molecule has 190 valence electrons. The van der Waals surface area contributed by atoms with Gasteiger partial charge in [0.05, 0.1) is 12.6 Å². The lowest BCUT2D eigenvalue weighted by Gasteiger charge is -2.32. The van der Waals surface area contributed by atoms with Crippen molar-refractivity contribution in [3.05, 3.63) is 47.5 Å². The van der Waals surface area contributed by atoms with Crippen molar-refractivity contribution in [2.75, 3.05) is 13.2 Å². The van der Waals surface area contributed by atoms with E-state index < -0.39 is 30.1 Å². The van der Waals surface area contributed by atoms with Gasteiger partial charge in [-0.3, -0.25) is 9.69 Å². The van der Waals surface area contributed by atoms with E-state index in [1.165, 1.54) is 4.90 Å². The summed E-state index contributed by atoms with van der Waals surface area (Å²) in [5.41, 5.74) is 1.45. The van der Waals surface area contributed by atoms with Crippen molar-refractivity contribution in [2.24, 2.45) is 0 Å². The number of nitrogens with zero attached hydrogens (tertiary/aromatic N) is 1. The summed E-state index contributed by atoms with van der Waals surface area (Å²) in [5, 5.41) is 3.07. The van der Waals surface area contributed by atoms with Crippen molar-refractivity contribution in [2.45, 2.75) is 83.0 Å². The molecule has 1 aromatic carbocycles. The zero-order valence-corrected chi connectivity index (χ0v) is 21.3. The molecule has 0 radical (unpaired) electrons. The topological polar surface area (TPSA) is 86.3 Å². The number of hydrogen-bond acceptors (Lipinski definition) is 7. The molecule has 4 rings (SSSR count). The van der Waals surface area contributed by atoms with Crippen LogP contribution in [-0.2, 0) is 23.7 Å². The SMILES string of the molecule is CCCCOC(=O)NC1CC(C(=O)N2C(=S)OC[C@H]2c2ccccc2)=CC2OC(CC)(CC)OC12. The molecule has 9 heteroatoms. The van der Waals surface area contributed by atoms with Crippen molar-refractivity contribution in [3.63, 3.8) is 0 Å². The number of benzene rings is 1. The van der Waals surface area contributed by atoms with E-state index in [0.29, 0.717) is 31.6 Å². The number of hydrogen-bond donors (Lipinski definition) is 1. The first kappa shape index (κ1) is 25.6. The lowest BCUT2D eigenvalue weighted by Crippen LogP contribution is -2.51. The zero-order valence-electron chi connectivity index (χ0n) is 20.5. The number of rotatable bonds is 8. The average Bonchev–Trinajstić information content (AvgIpc) is 3.45. The number of ether oxygens (including phenoxy) is 4. The summed E-state index contributed by atoms with van der Waals surface area (Å²) in [6.07, 6.45) is 3.70. The number of amides is 2. The molecule has 2 fully saturated rings. The van der Waals surface area contributed by atoms with Gasteiger partial charge in [-0.1, -0.05) is 57.5 Å². The Hall–Kier alpha value is -2.49. The van der Waals surface area contributed by atoms with Gasteiger partial charge < -0.3 is 24.3 Å². The molecular weight excluding hydrogens is 468 g/mol. The minimum Gasteiger partial charge on any atom is -0.468 e. The molecular formula is C26H34N2O6S. The number of thiocarbonyl (C=S) groups is 1. The maximum absolute atomic E-state index is 13.8. The Morgan fingerprint density at radius 1 is 1.17 bits per heavy atom. The van der Waals surface area contributed by atoms with Crippen molar-refractivity contribution in [1.82, 2.24) is 10.2 Å². The number of alkyl carbamates (subject to hydrolysis) is 1. The molecule has 0 aromatic heterocycles. The fourth-order valence-electron chi connectivity index (χ4n) is 4.82. The molecule has 1 aliphatic carbocycles. The Kier molecular flexibility index (Phi) is 8.09. The van der Waals surface area contributed by atoms with Gasteiger partial charge in [0.15, 0.2) is 5.79 Å². The van der Waals surface area contributed by atoms with Gasteiger partial charge >= 0.3 is 6.09 Å². The van der Waals surface area contributed by atoms with E-state index in [-0.39, 0.29) is 23.5 Å². The molecule has 0 saturated carbocycles. The van der Waals surface area contributed by atoms with E-state index >= 15 is 0 Å². The van der Waals surface area contributed by atoms with E-state index in [9.17, 15) is 9.59 Å². The van der Waals surface area contributed by atoms with Gasteiger partial charge in [-0.15, -0.1) is 0 Å². The van der Waals surface area contributed by atoms with E-state index in [0.717, 1.165) is 18.4 Å². The highest BCUT2D eigenvalue weighted by Gasteiger charge is 2.51. The summed E-state index contributed by atoms with van der Waals surface area (Å²) in [6.45, 7) is 6.68. The van der Waals surface area contributed by atoms with Crippen LogP contribution in [0.5, 0.6) is 0 Å². The molecule has 1 N–H and O–H groups in total. The van der Waals surface area contributed by atoms with E-state index in [1.54, 1.807) is 0 Å². The highest BCUT2D eigenvalue weighted by atomic mass is 32.1.